The number of aromatic amines is 2. The Morgan fingerprint density at radius 3 is 2.58 bits per heavy atom. The van der Waals surface area contributed by atoms with Crippen molar-refractivity contribution in [2.24, 2.45) is 0 Å². The molecular weight excluding hydrogens is 277 g/mol. The maximum atomic E-state index is 10.9. The van der Waals surface area contributed by atoms with E-state index in [-0.39, 0.29) is 5.69 Å². The van der Waals surface area contributed by atoms with Gasteiger partial charge in [-0.25, -0.2) is 4.79 Å². The average Bonchev–Trinajstić information content (AvgIpc) is 2.01. The third-order valence-corrected chi connectivity index (χ3v) is 1.58. The zero-order valence-corrected chi connectivity index (χ0v) is 7.84. The molecule has 12 heavy (non-hydrogen) atoms. The molecular formula is C5H4IN3O3. The van der Waals surface area contributed by atoms with Gasteiger partial charge in [-0.3, -0.25) is 18.1 Å². The van der Waals surface area contributed by atoms with Crippen molar-refractivity contribution in [3.05, 3.63) is 32.6 Å². The van der Waals surface area contributed by atoms with Crippen molar-refractivity contribution in [2.75, 3.05) is 0 Å². The summed E-state index contributed by atoms with van der Waals surface area (Å²) in [5.74, 6) is -0.515. The molecule has 0 saturated heterocycles. The largest absolute Gasteiger partial charge is 0.326 e. The summed E-state index contributed by atoms with van der Waals surface area (Å²) in [5.41, 5.74) is -1.36. The Labute approximate surface area is 79.9 Å². The van der Waals surface area contributed by atoms with Gasteiger partial charge < -0.3 is 4.98 Å². The third-order valence-electron chi connectivity index (χ3n) is 1.09. The predicted octanol–water partition coefficient (Wildman–Crippen LogP) is -0.857. The zero-order valence-electron chi connectivity index (χ0n) is 5.68. The molecule has 1 heterocycles. The first-order chi connectivity index (χ1) is 5.63. The van der Waals surface area contributed by atoms with Crippen LogP contribution in [0.3, 0.4) is 0 Å². The van der Waals surface area contributed by atoms with Crippen LogP contribution < -0.4 is 14.8 Å². The smallest absolute Gasteiger partial charge is 0.303 e. The van der Waals surface area contributed by atoms with Crippen molar-refractivity contribution in [1.29, 1.82) is 0 Å². The molecule has 6 nitrogen and oxygen atoms in total. The van der Waals surface area contributed by atoms with Crippen molar-refractivity contribution in [3.8, 4) is 0 Å². The molecule has 0 aliphatic rings. The highest BCUT2D eigenvalue weighted by Gasteiger charge is 2.04. The lowest BCUT2D eigenvalue weighted by Crippen LogP contribution is -2.27. The van der Waals surface area contributed by atoms with Crippen LogP contribution in [0.1, 0.15) is 10.5 Å². The van der Waals surface area contributed by atoms with Gasteiger partial charge in [-0.15, -0.1) is 0 Å². The molecule has 0 aromatic carbocycles. The fraction of sp³-hybridized carbons (Fsp3) is 0. The molecule has 0 unspecified atom stereocenters. The molecule has 0 atom stereocenters. The van der Waals surface area contributed by atoms with Crippen LogP contribution >= 0.6 is 22.9 Å². The van der Waals surface area contributed by atoms with Crippen LogP contribution in [0.4, 0.5) is 0 Å². The van der Waals surface area contributed by atoms with E-state index in [4.69, 9.17) is 0 Å². The Bertz CT molecular complexity index is 379. The van der Waals surface area contributed by atoms with Gasteiger partial charge in [0.2, 0.25) is 0 Å². The van der Waals surface area contributed by atoms with Gasteiger partial charge in [0, 0.05) is 6.07 Å². The van der Waals surface area contributed by atoms with Crippen LogP contribution in [-0.2, 0) is 0 Å². The van der Waals surface area contributed by atoms with Crippen molar-refractivity contribution >= 4 is 28.8 Å². The van der Waals surface area contributed by atoms with E-state index < -0.39 is 17.2 Å². The number of carbonyl (C=O) groups excluding carboxylic acids is 1. The number of amides is 1. The minimum Gasteiger partial charge on any atom is -0.303 e. The summed E-state index contributed by atoms with van der Waals surface area (Å²) >= 11 is 1.61. The number of hydrogen-bond donors (Lipinski definition) is 3. The van der Waals surface area contributed by atoms with Crippen LogP contribution in [0.15, 0.2) is 15.7 Å². The van der Waals surface area contributed by atoms with Crippen molar-refractivity contribution in [3.63, 3.8) is 0 Å². The average molecular weight is 281 g/mol. The molecule has 1 amide bonds. The Morgan fingerprint density at radius 2 is 2.08 bits per heavy atom. The first-order valence-electron chi connectivity index (χ1n) is 2.88. The van der Waals surface area contributed by atoms with E-state index in [2.05, 4.69) is 8.51 Å². The summed E-state index contributed by atoms with van der Waals surface area (Å²) < 4.78 is 2.24. The van der Waals surface area contributed by atoms with Gasteiger partial charge in [0.25, 0.3) is 11.5 Å². The lowest BCUT2D eigenvalue weighted by Gasteiger charge is -1.94. The highest BCUT2D eigenvalue weighted by molar-refractivity contribution is 14.1. The summed E-state index contributed by atoms with van der Waals surface area (Å²) in [6, 6.07) is 1.01. The van der Waals surface area contributed by atoms with Gasteiger partial charge in [0.1, 0.15) is 5.69 Å². The first-order valence-corrected chi connectivity index (χ1v) is 3.96. The second-order valence-electron chi connectivity index (χ2n) is 1.93. The maximum absolute atomic E-state index is 10.9. The second kappa shape index (κ2) is 3.52. The van der Waals surface area contributed by atoms with Crippen molar-refractivity contribution < 1.29 is 4.79 Å². The number of halogens is 1. The zero-order chi connectivity index (χ0) is 9.14. The third kappa shape index (κ3) is 1.94. The minimum atomic E-state index is -0.697. The standard InChI is InChI=1S/C5H4IN3O3/c6-9-4(11)2-1-3(10)8-5(12)7-2/h1H,(H,9,11)(H2,7,8,10,12). The number of hydrogen-bond acceptors (Lipinski definition) is 3. The van der Waals surface area contributed by atoms with Gasteiger partial charge >= 0.3 is 5.69 Å². The molecule has 0 aliphatic heterocycles. The molecule has 7 heteroatoms. The number of aromatic nitrogens is 2. The van der Waals surface area contributed by atoms with Gasteiger partial charge in [0.05, 0.1) is 22.9 Å². The monoisotopic (exact) mass is 281 g/mol. The molecule has 0 bridgehead atoms. The molecule has 0 spiro atoms. The topological polar surface area (TPSA) is 94.8 Å². The van der Waals surface area contributed by atoms with Gasteiger partial charge in [-0.2, -0.15) is 0 Å². The lowest BCUT2D eigenvalue weighted by atomic mass is 10.4. The molecule has 0 fully saturated rings. The Morgan fingerprint density at radius 1 is 1.42 bits per heavy atom. The fourth-order valence-electron chi connectivity index (χ4n) is 0.642. The normalized spacial score (nSPS) is 9.42. The SMILES string of the molecule is O=C(NI)c1cc(=O)[nH]c(=O)[nH]1. The summed E-state index contributed by atoms with van der Waals surface area (Å²) in [7, 11) is 0. The van der Waals surface area contributed by atoms with Gasteiger partial charge in [-0.05, 0) is 0 Å². The second-order valence-corrected chi connectivity index (χ2v) is 2.46. The molecule has 3 N–H and O–H groups in total. The van der Waals surface area contributed by atoms with E-state index >= 15 is 0 Å². The van der Waals surface area contributed by atoms with Crippen LogP contribution in [0, 0.1) is 0 Å². The first kappa shape index (κ1) is 8.97. The van der Waals surface area contributed by atoms with E-state index in [1.165, 1.54) is 0 Å². The number of H-pyrrole nitrogens is 2. The van der Waals surface area contributed by atoms with Crippen LogP contribution in [0.25, 0.3) is 0 Å². The molecule has 0 aliphatic carbocycles. The summed E-state index contributed by atoms with van der Waals surface area (Å²) in [5, 5.41) is 0. The Kier molecular flexibility index (Phi) is 2.63. The molecule has 0 saturated carbocycles. The quantitative estimate of drug-likeness (QED) is 0.462. The summed E-state index contributed by atoms with van der Waals surface area (Å²) in [6.07, 6.45) is 0. The summed E-state index contributed by atoms with van der Waals surface area (Å²) in [4.78, 5) is 36.3. The number of rotatable bonds is 1. The molecule has 0 radical (unpaired) electrons. The summed E-state index contributed by atoms with van der Waals surface area (Å²) in [6.45, 7) is 0. The number of carbonyl (C=O) groups is 1. The van der Waals surface area contributed by atoms with Gasteiger partial charge in [-0.1, -0.05) is 0 Å². The van der Waals surface area contributed by atoms with Crippen LogP contribution in [0.5, 0.6) is 0 Å². The van der Waals surface area contributed by atoms with Crippen molar-refractivity contribution in [2.45, 2.75) is 0 Å². The fourth-order valence-corrected chi connectivity index (χ4v) is 0.932. The van der Waals surface area contributed by atoms with E-state index in [1.54, 1.807) is 22.9 Å². The van der Waals surface area contributed by atoms with E-state index in [0.717, 1.165) is 6.07 Å². The van der Waals surface area contributed by atoms with E-state index in [9.17, 15) is 14.4 Å². The minimum absolute atomic E-state index is 0.0573. The Balaban J connectivity index is 3.27. The molecule has 1 rings (SSSR count). The van der Waals surface area contributed by atoms with Gasteiger partial charge in [0.15, 0.2) is 0 Å². The van der Waals surface area contributed by atoms with E-state index in [0.29, 0.717) is 0 Å². The van der Waals surface area contributed by atoms with E-state index in [1.807, 2.05) is 4.98 Å². The maximum Gasteiger partial charge on any atom is 0.326 e. The highest BCUT2D eigenvalue weighted by atomic mass is 127. The molecule has 1 aromatic rings. The predicted molar refractivity (Wildman–Crippen MR) is 49.2 cm³/mol. The van der Waals surface area contributed by atoms with Crippen LogP contribution in [-0.4, -0.2) is 15.9 Å². The highest BCUT2D eigenvalue weighted by Crippen LogP contribution is 1.86. The lowest BCUT2D eigenvalue weighted by molar-refractivity contribution is 0.0984. The van der Waals surface area contributed by atoms with Crippen molar-refractivity contribution in [1.82, 2.24) is 13.5 Å². The Hall–Kier alpha value is -1.12. The number of nitrogens with one attached hydrogen (secondary N) is 3. The molecule has 64 valence electrons. The molecule has 1 aromatic heterocycles. The van der Waals surface area contributed by atoms with Crippen LogP contribution in [0.2, 0.25) is 0 Å².